The summed E-state index contributed by atoms with van der Waals surface area (Å²) in [5.74, 6) is 1.19. The van der Waals surface area contributed by atoms with E-state index >= 15 is 0 Å². The molecule has 0 spiro atoms. The molecule has 2 N–H and O–H groups in total. The molecule has 1 aliphatic heterocycles. The molecule has 1 saturated heterocycles. The number of anilines is 3. The minimum Gasteiger partial charge on any atom is -0.324 e. The molecule has 4 aromatic rings. The van der Waals surface area contributed by atoms with Crippen LogP contribution in [0.3, 0.4) is 0 Å². The van der Waals surface area contributed by atoms with Gasteiger partial charge in [0.05, 0.1) is 6.04 Å². The molecule has 0 aliphatic carbocycles. The first-order valence-corrected chi connectivity index (χ1v) is 11.2. The van der Waals surface area contributed by atoms with E-state index in [1.54, 1.807) is 24.7 Å². The molecular formula is C26H26N6O. The quantitative estimate of drug-likeness (QED) is 0.478. The number of nitrogens with one attached hydrogen (secondary N) is 2. The number of piperidine rings is 1. The Kier molecular flexibility index (Phi) is 5.95. The Morgan fingerprint density at radius 2 is 1.82 bits per heavy atom. The number of fused-ring (bicyclic) bond motifs is 1. The second-order valence-electron chi connectivity index (χ2n) is 8.26. The van der Waals surface area contributed by atoms with E-state index in [2.05, 4.69) is 39.7 Å². The van der Waals surface area contributed by atoms with E-state index < -0.39 is 0 Å². The van der Waals surface area contributed by atoms with Crippen LogP contribution in [0.15, 0.2) is 73.2 Å². The van der Waals surface area contributed by atoms with Crippen LogP contribution < -0.4 is 15.5 Å². The first kappa shape index (κ1) is 21.0. The van der Waals surface area contributed by atoms with Crippen LogP contribution in [0.5, 0.6) is 0 Å². The highest BCUT2D eigenvalue weighted by molar-refractivity contribution is 6.10. The maximum atomic E-state index is 13.9. The smallest absolute Gasteiger partial charge is 0.259 e. The summed E-state index contributed by atoms with van der Waals surface area (Å²) in [5, 5.41) is 8.71. The van der Waals surface area contributed by atoms with Gasteiger partial charge < -0.3 is 10.6 Å². The zero-order valence-electron chi connectivity index (χ0n) is 18.5. The van der Waals surface area contributed by atoms with Gasteiger partial charge in [-0.1, -0.05) is 18.2 Å². The zero-order chi connectivity index (χ0) is 22.6. The summed E-state index contributed by atoms with van der Waals surface area (Å²) in [6, 6.07) is 17.4. The Balaban J connectivity index is 1.51. The predicted octanol–water partition coefficient (Wildman–Crippen LogP) is 4.48. The number of carbonyl (C=O) groups excluding carboxylic acids is 1. The average Bonchev–Trinajstić information content (AvgIpc) is 2.86. The van der Waals surface area contributed by atoms with Crippen LogP contribution >= 0.6 is 0 Å². The number of pyridine rings is 1. The molecule has 0 saturated carbocycles. The standard InChI is InChI=1S/C26H26N6O/c1-18-5-2-6-19-12-16-28-24(23(18)19)32(22-7-3-13-27-17-22)25(33)20-8-10-21(11-9-20)31-26-29-14-4-15-30-26/h2,4-6,8-12,14-16,22,27H,3,7,13,17H2,1H3,(H,29,30,31). The highest BCUT2D eigenvalue weighted by atomic mass is 16.2. The molecule has 2 aromatic carbocycles. The van der Waals surface area contributed by atoms with E-state index in [1.165, 1.54) is 0 Å². The van der Waals surface area contributed by atoms with Gasteiger partial charge in [0.15, 0.2) is 0 Å². The van der Waals surface area contributed by atoms with Gasteiger partial charge in [-0.2, -0.15) is 0 Å². The van der Waals surface area contributed by atoms with Gasteiger partial charge in [0.25, 0.3) is 5.91 Å². The Morgan fingerprint density at radius 1 is 1.00 bits per heavy atom. The number of amides is 1. The van der Waals surface area contributed by atoms with Gasteiger partial charge in [-0.3, -0.25) is 9.69 Å². The third-order valence-corrected chi connectivity index (χ3v) is 6.02. The fourth-order valence-electron chi connectivity index (χ4n) is 4.39. The third-order valence-electron chi connectivity index (χ3n) is 6.02. The lowest BCUT2D eigenvalue weighted by molar-refractivity contribution is 0.0972. The van der Waals surface area contributed by atoms with Gasteiger partial charge in [-0.15, -0.1) is 0 Å². The number of nitrogens with zero attached hydrogens (tertiary/aromatic N) is 4. The van der Waals surface area contributed by atoms with Crippen molar-refractivity contribution in [2.45, 2.75) is 25.8 Å². The number of hydrogen-bond acceptors (Lipinski definition) is 6. The van der Waals surface area contributed by atoms with Crippen molar-refractivity contribution in [2.75, 3.05) is 23.3 Å². The number of benzene rings is 2. The van der Waals surface area contributed by atoms with Crippen LogP contribution in [-0.4, -0.2) is 40.0 Å². The molecule has 1 aliphatic rings. The average molecular weight is 439 g/mol. The fourth-order valence-corrected chi connectivity index (χ4v) is 4.39. The largest absolute Gasteiger partial charge is 0.324 e. The number of hydrogen-bond donors (Lipinski definition) is 2. The molecule has 0 bridgehead atoms. The Hall–Kier alpha value is -3.84. The van der Waals surface area contributed by atoms with E-state index in [0.29, 0.717) is 11.5 Å². The first-order valence-electron chi connectivity index (χ1n) is 11.2. The third kappa shape index (κ3) is 4.40. The van der Waals surface area contributed by atoms with Crippen molar-refractivity contribution in [3.05, 3.63) is 84.3 Å². The van der Waals surface area contributed by atoms with Crippen molar-refractivity contribution < 1.29 is 4.79 Å². The predicted molar refractivity (Wildman–Crippen MR) is 131 cm³/mol. The van der Waals surface area contributed by atoms with Crippen molar-refractivity contribution in [3.8, 4) is 0 Å². The van der Waals surface area contributed by atoms with Gasteiger partial charge >= 0.3 is 0 Å². The van der Waals surface area contributed by atoms with Crippen LogP contribution in [0, 0.1) is 6.92 Å². The van der Waals surface area contributed by atoms with E-state index in [9.17, 15) is 4.79 Å². The molecular weight excluding hydrogens is 412 g/mol. The Bertz CT molecular complexity index is 1250. The molecule has 166 valence electrons. The summed E-state index contributed by atoms with van der Waals surface area (Å²) in [7, 11) is 0. The second-order valence-corrected chi connectivity index (χ2v) is 8.26. The molecule has 2 aromatic heterocycles. The zero-order valence-corrected chi connectivity index (χ0v) is 18.5. The van der Waals surface area contributed by atoms with E-state index in [-0.39, 0.29) is 11.9 Å². The van der Waals surface area contributed by atoms with Crippen molar-refractivity contribution >= 4 is 34.1 Å². The monoisotopic (exact) mass is 438 g/mol. The molecule has 0 radical (unpaired) electrons. The van der Waals surface area contributed by atoms with E-state index in [4.69, 9.17) is 4.98 Å². The highest BCUT2D eigenvalue weighted by Gasteiger charge is 2.30. The van der Waals surface area contributed by atoms with Gasteiger partial charge in [0.2, 0.25) is 5.95 Å². The molecule has 3 heterocycles. The Morgan fingerprint density at radius 3 is 2.58 bits per heavy atom. The molecule has 7 heteroatoms. The lowest BCUT2D eigenvalue weighted by Gasteiger charge is -2.35. The van der Waals surface area contributed by atoms with Gasteiger partial charge in [-0.25, -0.2) is 15.0 Å². The maximum absolute atomic E-state index is 13.9. The fraction of sp³-hybridized carbons (Fsp3) is 0.231. The van der Waals surface area contributed by atoms with Crippen molar-refractivity contribution in [1.82, 2.24) is 20.3 Å². The lowest BCUT2D eigenvalue weighted by atomic mass is 10.0. The summed E-state index contributed by atoms with van der Waals surface area (Å²) in [5.41, 5.74) is 2.55. The van der Waals surface area contributed by atoms with Gasteiger partial charge in [0, 0.05) is 41.8 Å². The molecule has 1 unspecified atom stereocenters. The van der Waals surface area contributed by atoms with Crippen LogP contribution in [0.1, 0.15) is 28.8 Å². The van der Waals surface area contributed by atoms with E-state index in [1.807, 2.05) is 41.3 Å². The Labute approximate surface area is 192 Å². The summed E-state index contributed by atoms with van der Waals surface area (Å²) in [4.78, 5) is 28.9. The molecule has 33 heavy (non-hydrogen) atoms. The van der Waals surface area contributed by atoms with Crippen molar-refractivity contribution in [2.24, 2.45) is 0 Å². The number of aromatic nitrogens is 3. The van der Waals surface area contributed by atoms with E-state index in [0.717, 1.165) is 53.8 Å². The number of rotatable bonds is 5. The molecule has 1 atom stereocenters. The summed E-state index contributed by atoms with van der Waals surface area (Å²) < 4.78 is 0. The SMILES string of the molecule is Cc1cccc2ccnc(N(C(=O)c3ccc(Nc4ncccn4)cc3)C3CCCNC3)c12. The lowest BCUT2D eigenvalue weighted by Crippen LogP contribution is -2.49. The minimum atomic E-state index is -0.0468. The summed E-state index contributed by atoms with van der Waals surface area (Å²) >= 11 is 0. The van der Waals surface area contributed by atoms with Crippen LogP contribution in [0.2, 0.25) is 0 Å². The van der Waals surface area contributed by atoms with Gasteiger partial charge in [0.1, 0.15) is 5.82 Å². The summed E-state index contributed by atoms with van der Waals surface area (Å²) in [6.07, 6.45) is 7.12. The highest BCUT2D eigenvalue weighted by Crippen LogP contribution is 2.31. The topological polar surface area (TPSA) is 83.0 Å². The molecule has 5 rings (SSSR count). The van der Waals surface area contributed by atoms with Crippen molar-refractivity contribution in [1.29, 1.82) is 0 Å². The maximum Gasteiger partial charge on any atom is 0.259 e. The van der Waals surface area contributed by atoms with Crippen LogP contribution in [0.4, 0.5) is 17.5 Å². The normalized spacial score (nSPS) is 15.8. The first-order chi connectivity index (χ1) is 16.2. The molecule has 7 nitrogen and oxygen atoms in total. The second kappa shape index (κ2) is 9.34. The summed E-state index contributed by atoms with van der Waals surface area (Å²) in [6.45, 7) is 3.80. The van der Waals surface area contributed by atoms with Gasteiger partial charge in [-0.05, 0) is 73.7 Å². The number of aryl methyl sites for hydroxylation is 1. The molecule has 1 fully saturated rings. The van der Waals surface area contributed by atoms with Crippen molar-refractivity contribution in [3.63, 3.8) is 0 Å². The van der Waals surface area contributed by atoms with Crippen LogP contribution in [-0.2, 0) is 0 Å². The minimum absolute atomic E-state index is 0.0412. The number of carbonyl (C=O) groups is 1. The molecule has 1 amide bonds. The van der Waals surface area contributed by atoms with Crippen LogP contribution in [0.25, 0.3) is 10.8 Å².